The smallest absolute Gasteiger partial charge is 0.307 e. The van der Waals surface area contributed by atoms with Crippen molar-refractivity contribution in [1.29, 1.82) is 0 Å². The van der Waals surface area contributed by atoms with E-state index in [1.54, 1.807) is 24.3 Å². The van der Waals surface area contributed by atoms with Crippen LogP contribution in [0.1, 0.15) is 46.7 Å². The van der Waals surface area contributed by atoms with Gasteiger partial charge in [0.15, 0.2) is 0 Å². The number of benzene rings is 2. The Bertz CT molecular complexity index is 718. The van der Waals surface area contributed by atoms with Crippen molar-refractivity contribution in [3.63, 3.8) is 0 Å². The fraction of sp³-hybridized carbons (Fsp3) is 0.263. The Morgan fingerprint density at radius 1 is 1.09 bits per heavy atom. The Labute approximate surface area is 135 Å². The molecule has 1 aliphatic carbocycles. The third-order valence-corrected chi connectivity index (χ3v) is 4.29. The van der Waals surface area contributed by atoms with Crippen LogP contribution in [0.4, 0.5) is 5.69 Å². The highest BCUT2D eigenvalue weighted by molar-refractivity contribution is 6.04. The van der Waals surface area contributed by atoms with E-state index in [-0.39, 0.29) is 12.3 Å². The molecule has 1 saturated carbocycles. The average molecular weight is 309 g/mol. The summed E-state index contributed by atoms with van der Waals surface area (Å²) in [5.41, 5.74) is 3.18. The van der Waals surface area contributed by atoms with Crippen LogP contribution in [0.5, 0.6) is 0 Å². The number of aliphatic carboxylic acids is 1. The van der Waals surface area contributed by atoms with Gasteiger partial charge in [0.2, 0.25) is 0 Å². The minimum Gasteiger partial charge on any atom is -0.481 e. The second-order valence-electron chi connectivity index (χ2n) is 5.97. The van der Waals surface area contributed by atoms with E-state index in [0.29, 0.717) is 22.7 Å². The van der Waals surface area contributed by atoms with Crippen molar-refractivity contribution in [1.82, 2.24) is 0 Å². The molecule has 23 heavy (non-hydrogen) atoms. The van der Waals surface area contributed by atoms with E-state index in [2.05, 4.69) is 5.32 Å². The molecule has 0 atom stereocenters. The molecule has 1 fully saturated rings. The Morgan fingerprint density at radius 3 is 2.43 bits per heavy atom. The molecular weight excluding hydrogens is 290 g/mol. The third kappa shape index (κ3) is 3.77. The van der Waals surface area contributed by atoms with Gasteiger partial charge in [0.05, 0.1) is 6.42 Å². The van der Waals surface area contributed by atoms with E-state index in [1.807, 2.05) is 24.3 Å². The molecule has 118 valence electrons. The van der Waals surface area contributed by atoms with Crippen molar-refractivity contribution in [3.8, 4) is 0 Å². The zero-order valence-corrected chi connectivity index (χ0v) is 12.8. The number of hydrogen-bond acceptors (Lipinski definition) is 2. The van der Waals surface area contributed by atoms with Crippen molar-refractivity contribution >= 4 is 17.6 Å². The van der Waals surface area contributed by atoms with Crippen molar-refractivity contribution in [3.05, 3.63) is 65.2 Å². The summed E-state index contributed by atoms with van der Waals surface area (Å²) >= 11 is 0. The van der Waals surface area contributed by atoms with Gasteiger partial charge < -0.3 is 10.4 Å². The lowest BCUT2D eigenvalue weighted by Gasteiger charge is -2.25. The van der Waals surface area contributed by atoms with Crippen molar-refractivity contribution in [2.75, 3.05) is 5.32 Å². The maximum Gasteiger partial charge on any atom is 0.307 e. The van der Waals surface area contributed by atoms with Crippen molar-refractivity contribution in [2.24, 2.45) is 0 Å². The summed E-state index contributed by atoms with van der Waals surface area (Å²) in [5, 5.41) is 11.6. The molecule has 4 heteroatoms. The van der Waals surface area contributed by atoms with Gasteiger partial charge in [-0.05, 0) is 54.2 Å². The van der Waals surface area contributed by atoms with Crippen LogP contribution in [-0.4, -0.2) is 17.0 Å². The Balaban J connectivity index is 1.67. The van der Waals surface area contributed by atoms with Gasteiger partial charge in [0, 0.05) is 11.3 Å². The lowest BCUT2D eigenvalue weighted by Crippen LogP contribution is -2.13. The zero-order chi connectivity index (χ0) is 16.2. The molecule has 0 spiro atoms. The summed E-state index contributed by atoms with van der Waals surface area (Å²) in [4.78, 5) is 23.0. The summed E-state index contributed by atoms with van der Waals surface area (Å²) in [5.74, 6) is -0.419. The monoisotopic (exact) mass is 309 g/mol. The van der Waals surface area contributed by atoms with Gasteiger partial charge in [0.25, 0.3) is 5.91 Å². The second kappa shape index (κ2) is 6.65. The lowest BCUT2D eigenvalue weighted by molar-refractivity contribution is -0.136. The largest absolute Gasteiger partial charge is 0.481 e. The molecule has 0 saturated heterocycles. The molecule has 3 rings (SSSR count). The van der Waals surface area contributed by atoms with Crippen molar-refractivity contribution in [2.45, 2.75) is 31.6 Å². The average Bonchev–Trinajstić information content (AvgIpc) is 2.46. The molecule has 2 aromatic rings. The highest BCUT2D eigenvalue weighted by Gasteiger charge is 2.19. The molecule has 2 N–H and O–H groups in total. The van der Waals surface area contributed by atoms with E-state index in [4.69, 9.17) is 5.11 Å². The van der Waals surface area contributed by atoms with Crippen LogP contribution in [0.25, 0.3) is 0 Å². The molecular formula is C19H19NO3. The number of carboxylic acid groups (broad SMARTS) is 1. The van der Waals surface area contributed by atoms with Crippen LogP contribution in [0.15, 0.2) is 48.5 Å². The maximum atomic E-state index is 12.3. The standard InChI is InChI=1S/C19H19NO3/c21-18(22)12-13-3-1-6-17(11-13)20-19(23)16-9-7-15(8-10-16)14-4-2-5-14/h1,3,6-11,14H,2,4-5,12H2,(H,20,23)(H,21,22). The summed E-state index contributed by atoms with van der Waals surface area (Å²) in [6, 6.07) is 14.7. The van der Waals surface area contributed by atoms with Crippen LogP contribution < -0.4 is 5.32 Å². The van der Waals surface area contributed by atoms with Crippen molar-refractivity contribution < 1.29 is 14.7 Å². The minimum atomic E-state index is -0.889. The van der Waals surface area contributed by atoms with Gasteiger partial charge in [-0.3, -0.25) is 9.59 Å². The molecule has 0 heterocycles. The third-order valence-electron chi connectivity index (χ3n) is 4.29. The Hall–Kier alpha value is -2.62. The normalized spacial score (nSPS) is 14.1. The molecule has 1 aliphatic rings. The minimum absolute atomic E-state index is 0.0558. The summed E-state index contributed by atoms with van der Waals surface area (Å²) in [6.07, 6.45) is 3.71. The van der Waals surface area contributed by atoms with Crippen LogP contribution in [-0.2, 0) is 11.2 Å². The summed E-state index contributed by atoms with van der Waals surface area (Å²) < 4.78 is 0. The fourth-order valence-electron chi connectivity index (χ4n) is 2.79. The molecule has 0 aromatic heterocycles. The number of anilines is 1. The number of rotatable bonds is 5. The first-order valence-electron chi connectivity index (χ1n) is 7.84. The van der Waals surface area contributed by atoms with Gasteiger partial charge in [-0.15, -0.1) is 0 Å². The first-order chi connectivity index (χ1) is 11.1. The predicted molar refractivity (Wildman–Crippen MR) is 88.8 cm³/mol. The topological polar surface area (TPSA) is 66.4 Å². The zero-order valence-electron chi connectivity index (χ0n) is 12.8. The lowest BCUT2D eigenvalue weighted by atomic mass is 9.80. The van der Waals surface area contributed by atoms with Crippen LogP contribution in [0.3, 0.4) is 0 Å². The number of carboxylic acids is 1. The first kappa shape index (κ1) is 15.3. The number of amides is 1. The van der Waals surface area contributed by atoms with Gasteiger partial charge in [-0.1, -0.05) is 30.7 Å². The van der Waals surface area contributed by atoms with Gasteiger partial charge >= 0.3 is 5.97 Å². The van der Waals surface area contributed by atoms with E-state index >= 15 is 0 Å². The fourth-order valence-corrected chi connectivity index (χ4v) is 2.79. The molecule has 0 bridgehead atoms. The Kier molecular flexibility index (Phi) is 4.42. The Morgan fingerprint density at radius 2 is 1.83 bits per heavy atom. The van der Waals surface area contributed by atoms with E-state index in [9.17, 15) is 9.59 Å². The van der Waals surface area contributed by atoms with Gasteiger partial charge in [0.1, 0.15) is 0 Å². The van der Waals surface area contributed by atoms with Gasteiger partial charge in [-0.2, -0.15) is 0 Å². The van der Waals surface area contributed by atoms with Crippen LogP contribution >= 0.6 is 0 Å². The number of carbonyl (C=O) groups excluding carboxylic acids is 1. The molecule has 0 aliphatic heterocycles. The second-order valence-corrected chi connectivity index (χ2v) is 5.97. The van der Waals surface area contributed by atoms with Gasteiger partial charge in [-0.25, -0.2) is 0 Å². The SMILES string of the molecule is O=C(O)Cc1cccc(NC(=O)c2ccc(C3CCC3)cc2)c1. The number of nitrogens with one attached hydrogen (secondary N) is 1. The highest BCUT2D eigenvalue weighted by atomic mass is 16.4. The number of hydrogen-bond donors (Lipinski definition) is 2. The maximum absolute atomic E-state index is 12.3. The first-order valence-corrected chi connectivity index (χ1v) is 7.84. The molecule has 4 nitrogen and oxygen atoms in total. The molecule has 1 amide bonds. The quantitative estimate of drug-likeness (QED) is 0.882. The van der Waals surface area contributed by atoms with E-state index in [0.717, 1.165) is 0 Å². The van der Waals surface area contributed by atoms with Crippen LogP contribution in [0.2, 0.25) is 0 Å². The highest BCUT2D eigenvalue weighted by Crippen LogP contribution is 2.36. The molecule has 0 unspecified atom stereocenters. The molecule has 2 aromatic carbocycles. The number of carbonyl (C=O) groups is 2. The summed E-state index contributed by atoms with van der Waals surface area (Å²) in [6.45, 7) is 0. The van der Waals surface area contributed by atoms with Crippen LogP contribution in [0, 0.1) is 0 Å². The molecule has 0 radical (unpaired) electrons. The predicted octanol–water partition coefficient (Wildman–Crippen LogP) is 3.83. The van der Waals surface area contributed by atoms with E-state index < -0.39 is 5.97 Å². The summed E-state index contributed by atoms with van der Waals surface area (Å²) in [7, 11) is 0. The van der Waals surface area contributed by atoms with E-state index in [1.165, 1.54) is 24.8 Å².